The number of hydrogen-bond donors (Lipinski definition) is 1. The highest BCUT2D eigenvalue weighted by atomic mass is 16.2. The SMILES string of the molecule is Cc1cccc(NC(=O)C2CCN(C(=O)C3CC(=O)N(c4ccccc4)C3)CC2)n1. The van der Waals surface area contributed by atoms with Crippen LogP contribution in [0, 0.1) is 18.8 Å². The van der Waals surface area contributed by atoms with E-state index in [0.717, 1.165) is 11.4 Å². The Hall–Kier alpha value is -3.22. The summed E-state index contributed by atoms with van der Waals surface area (Å²) >= 11 is 0. The third-order valence-corrected chi connectivity index (χ3v) is 5.86. The smallest absolute Gasteiger partial charge is 0.228 e. The van der Waals surface area contributed by atoms with Gasteiger partial charge in [-0.1, -0.05) is 24.3 Å². The molecule has 7 heteroatoms. The molecule has 1 unspecified atom stereocenters. The summed E-state index contributed by atoms with van der Waals surface area (Å²) in [5.74, 6) is 0.0536. The average molecular weight is 406 g/mol. The first kappa shape index (κ1) is 20.1. The molecule has 1 N–H and O–H groups in total. The number of carbonyl (C=O) groups is 3. The van der Waals surface area contributed by atoms with Crippen LogP contribution < -0.4 is 10.2 Å². The van der Waals surface area contributed by atoms with Gasteiger partial charge < -0.3 is 15.1 Å². The molecule has 1 aromatic carbocycles. The lowest BCUT2D eigenvalue weighted by Gasteiger charge is -2.32. The number of hydrogen-bond acceptors (Lipinski definition) is 4. The van der Waals surface area contributed by atoms with Gasteiger partial charge in [-0.25, -0.2) is 4.98 Å². The maximum atomic E-state index is 13.0. The number of benzene rings is 1. The highest BCUT2D eigenvalue weighted by Crippen LogP contribution is 2.28. The predicted octanol–water partition coefficient (Wildman–Crippen LogP) is 2.62. The number of para-hydroxylation sites is 1. The van der Waals surface area contributed by atoms with E-state index in [9.17, 15) is 14.4 Å². The number of nitrogens with zero attached hydrogens (tertiary/aromatic N) is 3. The van der Waals surface area contributed by atoms with Gasteiger partial charge in [0.05, 0.1) is 5.92 Å². The van der Waals surface area contributed by atoms with Gasteiger partial charge >= 0.3 is 0 Å². The molecule has 2 fully saturated rings. The molecule has 0 saturated carbocycles. The Morgan fingerprint density at radius 1 is 1.00 bits per heavy atom. The molecule has 0 spiro atoms. The monoisotopic (exact) mass is 406 g/mol. The van der Waals surface area contributed by atoms with Gasteiger partial charge in [-0.2, -0.15) is 0 Å². The Morgan fingerprint density at radius 2 is 1.73 bits per heavy atom. The van der Waals surface area contributed by atoms with Crippen molar-refractivity contribution in [1.29, 1.82) is 0 Å². The number of likely N-dealkylation sites (tertiary alicyclic amines) is 1. The van der Waals surface area contributed by atoms with Crippen LogP contribution in [0.3, 0.4) is 0 Å². The van der Waals surface area contributed by atoms with Gasteiger partial charge in [0.25, 0.3) is 0 Å². The van der Waals surface area contributed by atoms with Crippen molar-refractivity contribution in [3.05, 3.63) is 54.2 Å². The number of piperidine rings is 1. The van der Waals surface area contributed by atoms with E-state index in [1.165, 1.54) is 0 Å². The van der Waals surface area contributed by atoms with E-state index in [2.05, 4.69) is 10.3 Å². The fourth-order valence-corrected chi connectivity index (χ4v) is 4.19. The van der Waals surface area contributed by atoms with Crippen molar-refractivity contribution < 1.29 is 14.4 Å². The Balaban J connectivity index is 1.30. The van der Waals surface area contributed by atoms with Crippen LogP contribution in [-0.2, 0) is 14.4 Å². The Labute approximate surface area is 176 Å². The Bertz CT molecular complexity index is 938. The zero-order valence-corrected chi connectivity index (χ0v) is 17.1. The van der Waals surface area contributed by atoms with E-state index < -0.39 is 0 Å². The maximum Gasteiger partial charge on any atom is 0.228 e. The van der Waals surface area contributed by atoms with Crippen molar-refractivity contribution in [3.8, 4) is 0 Å². The highest BCUT2D eigenvalue weighted by molar-refractivity contribution is 6.00. The van der Waals surface area contributed by atoms with Gasteiger partial charge in [0.2, 0.25) is 17.7 Å². The van der Waals surface area contributed by atoms with Crippen LogP contribution in [0.15, 0.2) is 48.5 Å². The molecule has 30 heavy (non-hydrogen) atoms. The van der Waals surface area contributed by atoms with Crippen LogP contribution >= 0.6 is 0 Å². The molecule has 3 amide bonds. The normalized spacial score (nSPS) is 19.8. The van der Waals surface area contributed by atoms with E-state index >= 15 is 0 Å². The number of anilines is 2. The predicted molar refractivity (Wildman–Crippen MR) is 114 cm³/mol. The summed E-state index contributed by atoms with van der Waals surface area (Å²) in [5.41, 5.74) is 1.68. The average Bonchev–Trinajstić information content (AvgIpc) is 3.15. The second-order valence-electron chi connectivity index (χ2n) is 7.99. The molecule has 4 rings (SSSR count). The zero-order valence-electron chi connectivity index (χ0n) is 17.1. The molecule has 2 aromatic rings. The Kier molecular flexibility index (Phi) is 5.79. The van der Waals surface area contributed by atoms with E-state index in [4.69, 9.17) is 0 Å². The lowest BCUT2D eigenvalue weighted by molar-refractivity contribution is -0.138. The lowest BCUT2D eigenvalue weighted by Crippen LogP contribution is -2.44. The van der Waals surface area contributed by atoms with Crippen molar-refractivity contribution in [1.82, 2.24) is 9.88 Å². The van der Waals surface area contributed by atoms with Gasteiger partial charge in [-0.3, -0.25) is 14.4 Å². The summed E-state index contributed by atoms with van der Waals surface area (Å²) in [5, 5.41) is 2.88. The van der Waals surface area contributed by atoms with Crippen molar-refractivity contribution in [2.45, 2.75) is 26.2 Å². The molecule has 1 aromatic heterocycles. The van der Waals surface area contributed by atoms with Gasteiger partial charge in [0.1, 0.15) is 5.82 Å². The van der Waals surface area contributed by atoms with Crippen molar-refractivity contribution in [2.24, 2.45) is 11.8 Å². The number of nitrogens with one attached hydrogen (secondary N) is 1. The minimum atomic E-state index is -0.320. The molecule has 2 aliphatic heterocycles. The summed E-state index contributed by atoms with van der Waals surface area (Å²) in [6, 6.07) is 15.0. The number of aromatic nitrogens is 1. The standard InChI is InChI=1S/C23H26N4O3/c1-16-6-5-9-20(24-16)25-22(29)17-10-12-26(13-11-17)23(30)18-14-21(28)27(15-18)19-7-3-2-4-8-19/h2-9,17-18H,10-15H2,1H3,(H,24,25,29). The molecule has 3 heterocycles. The minimum Gasteiger partial charge on any atom is -0.342 e. The fraction of sp³-hybridized carbons (Fsp3) is 0.391. The molecule has 7 nitrogen and oxygen atoms in total. The molecule has 0 radical (unpaired) electrons. The molecular formula is C23H26N4O3. The summed E-state index contributed by atoms with van der Waals surface area (Å²) in [7, 11) is 0. The van der Waals surface area contributed by atoms with Gasteiger partial charge in [-0.15, -0.1) is 0 Å². The fourth-order valence-electron chi connectivity index (χ4n) is 4.19. The first-order chi connectivity index (χ1) is 14.5. The molecule has 156 valence electrons. The zero-order chi connectivity index (χ0) is 21.1. The van der Waals surface area contributed by atoms with Crippen LogP contribution in [0.5, 0.6) is 0 Å². The molecule has 0 bridgehead atoms. The van der Waals surface area contributed by atoms with Crippen LogP contribution in [-0.4, -0.2) is 47.2 Å². The van der Waals surface area contributed by atoms with E-state index in [-0.39, 0.29) is 36.0 Å². The summed E-state index contributed by atoms with van der Waals surface area (Å²) in [6.07, 6.45) is 1.48. The second kappa shape index (κ2) is 8.65. The lowest BCUT2D eigenvalue weighted by atomic mass is 9.94. The molecule has 2 aliphatic rings. The third kappa shape index (κ3) is 4.35. The summed E-state index contributed by atoms with van der Waals surface area (Å²) in [6.45, 7) is 3.37. The molecule has 2 saturated heterocycles. The van der Waals surface area contributed by atoms with Gasteiger partial charge in [0.15, 0.2) is 0 Å². The highest BCUT2D eigenvalue weighted by Gasteiger charge is 2.38. The number of pyridine rings is 1. The second-order valence-corrected chi connectivity index (χ2v) is 7.99. The quantitative estimate of drug-likeness (QED) is 0.846. The van der Waals surface area contributed by atoms with Crippen molar-refractivity contribution in [2.75, 3.05) is 29.9 Å². The molecule has 1 atom stereocenters. The molecule has 0 aliphatic carbocycles. The molecular weight excluding hydrogens is 380 g/mol. The third-order valence-electron chi connectivity index (χ3n) is 5.86. The summed E-state index contributed by atoms with van der Waals surface area (Å²) < 4.78 is 0. The van der Waals surface area contributed by atoms with E-state index in [1.807, 2.05) is 49.4 Å². The first-order valence-electron chi connectivity index (χ1n) is 10.4. The Morgan fingerprint density at radius 3 is 2.43 bits per heavy atom. The largest absolute Gasteiger partial charge is 0.342 e. The van der Waals surface area contributed by atoms with E-state index in [0.29, 0.717) is 38.3 Å². The van der Waals surface area contributed by atoms with Crippen LogP contribution in [0.1, 0.15) is 25.0 Å². The maximum absolute atomic E-state index is 13.0. The van der Waals surface area contributed by atoms with Crippen LogP contribution in [0.2, 0.25) is 0 Å². The summed E-state index contributed by atoms with van der Waals surface area (Å²) in [4.78, 5) is 45.7. The topological polar surface area (TPSA) is 82.6 Å². The van der Waals surface area contributed by atoms with Crippen LogP contribution in [0.4, 0.5) is 11.5 Å². The van der Waals surface area contributed by atoms with Gasteiger partial charge in [-0.05, 0) is 44.0 Å². The number of aryl methyl sites for hydroxylation is 1. The van der Waals surface area contributed by atoms with Crippen molar-refractivity contribution in [3.63, 3.8) is 0 Å². The van der Waals surface area contributed by atoms with Crippen molar-refractivity contribution >= 4 is 29.2 Å². The van der Waals surface area contributed by atoms with E-state index in [1.54, 1.807) is 15.9 Å². The number of rotatable bonds is 4. The van der Waals surface area contributed by atoms with Gasteiger partial charge in [0, 0.05) is 43.4 Å². The minimum absolute atomic E-state index is 0.0144. The first-order valence-corrected chi connectivity index (χ1v) is 10.4. The number of carbonyl (C=O) groups excluding carboxylic acids is 3. The number of amides is 3. The van der Waals surface area contributed by atoms with Crippen LogP contribution in [0.25, 0.3) is 0 Å².